The van der Waals surface area contributed by atoms with Gasteiger partial charge in [0.2, 0.25) is 0 Å². The maximum atomic E-state index is 5.84. The number of aliphatic imine (C=N–C) groups is 1. The average molecular weight is 361 g/mol. The third kappa shape index (κ3) is 4.81. The molecule has 18 heavy (non-hydrogen) atoms. The lowest BCUT2D eigenvalue weighted by Crippen LogP contribution is -2.23. The predicted molar refractivity (Wildman–Crippen MR) is 85.4 cm³/mol. The molecule has 1 fully saturated rings. The molecular formula is C13H20IN3O. The summed E-state index contributed by atoms with van der Waals surface area (Å²) in [6, 6.07) is 7.95. The summed E-state index contributed by atoms with van der Waals surface area (Å²) in [6.07, 6.45) is 2.58. The Bertz CT molecular complexity index is 405. The van der Waals surface area contributed by atoms with Gasteiger partial charge in [-0.3, -0.25) is 4.99 Å². The number of benzene rings is 1. The van der Waals surface area contributed by atoms with Gasteiger partial charge in [-0.2, -0.15) is 0 Å². The summed E-state index contributed by atoms with van der Waals surface area (Å²) in [5.74, 6) is 1.24. The molecule has 4 nitrogen and oxygen atoms in total. The van der Waals surface area contributed by atoms with E-state index in [2.05, 4.69) is 10.3 Å². The fraction of sp³-hybridized carbons (Fsp3) is 0.462. The Morgan fingerprint density at radius 3 is 2.83 bits per heavy atom. The van der Waals surface area contributed by atoms with E-state index in [0.29, 0.717) is 12.6 Å². The number of methoxy groups -OCH3 is 1. The van der Waals surface area contributed by atoms with E-state index in [4.69, 9.17) is 10.5 Å². The van der Waals surface area contributed by atoms with Crippen molar-refractivity contribution in [3.05, 3.63) is 29.8 Å². The number of nitrogens with zero attached hydrogens (tertiary/aromatic N) is 1. The van der Waals surface area contributed by atoms with Crippen molar-refractivity contribution in [1.29, 1.82) is 0 Å². The third-order valence-electron chi connectivity index (χ3n) is 2.80. The summed E-state index contributed by atoms with van der Waals surface area (Å²) in [7, 11) is 1.68. The zero-order valence-electron chi connectivity index (χ0n) is 10.6. The van der Waals surface area contributed by atoms with Crippen LogP contribution in [0.3, 0.4) is 0 Å². The molecular weight excluding hydrogens is 341 g/mol. The molecule has 0 bridgehead atoms. The monoisotopic (exact) mass is 361 g/mol. The predicted octanol–water partition coefficient (Wildman–Crippen LogP) is 2.59. The Balaban J connectivity index is 0.00000162. The molecule has 3 N–H and O–H groups in total. The van der Waals surface area contributed by atoms with Crippen molar-refractivity contribution < 1.29 is 4.74 Å². The fourth-order valence-corrected chi connectivity index (χ4v) is 1.63. The van der Waals surface area contributed by atoms with Crippen LogP contribution in [0.15, 0.2) is 29.3 Å². The Labute approximate surface area is 125 Å². The Hall–Kier alpha value is -0.820. The van der Waals surface area contributed by atoms with E-state index in [9.17, 15) is 0 Å². The molecule has 0 aliphatic heterocycles. The molecule has 0 heterocycles. The largest absolute Gasteiger partial charge is 0.380 e. The van der Waals surface area contributed by atoms with E-state index in [1.807, 2.05) is 24.3 Å². The van der Waals surface area contributed by atoms with Gasteiger partial charge in [0, 0.05) is 24.9 Å². The fourth-order valence-electron chi connectivity index (χ4n) is 1.63. The highest BCUT2D eigenvalue weighted by Gasteiger charge is 2.20. The van der Waals surface area contributed by atoms with Gasteiger partial charge in [-0.1, -0.05) is 18.2 Å². The highest BCUT2D eigenvalue weighted by atomic mass is 127. The van der Waals surface area contributed by atoms with Crippen LogP contribution in [-0.2, 0) is 11.3 Å². The summed E-state index contributed by atoms with van der Waals surface area (Å²) in [6.45, 7) is 1.41. The minimum Gasteiger partial charge on any atom is -0.380 e. The normalized spacial score (nSPS) is 15.1. The lowest BCUT2D eigenvalue weighted by Gasteiger charge is -2.10. The second kappa shape index (κ2) is 7.58. The third-order valence-corrected chi connectivity index (χ3v) is 2.80. The molecule has 1 aliphatic rings. The van der Waals surface area contributed by atoms with E-state index in [-0.39, 0.29) is 24.0 Å². The van der Waals surface area contributed by atoms with E-state index in [1.54, 1.807) is 7.11 Å². The molecule has 100 valence electrons. The molecule has 1 saturated carbocycles. The zero-order valence-corrected chi connectivity index (χ0v) is 12.9. The molecule has 0 amide bonds. The van der Waals surface area contributed by atoms with Crippen LogP contribution in [0.2, 0.25) is 0 Å². The first-order valence-corrected chi connectivity index (χ1v) is 5.93. The molecule has 0 saturated heterocycles. The number of halogens is 1. The van der Waals surface area contributed by atoms with Crippen LogP contribution in [0, 0.1) is 5.92 Å². The molecule has 0 radical (unpaired) electrons. The molecule has 1 aromatic carbocycles. The van der Waals surface area contributed by atoms with Gasteiger partial charge in [0.1, 0.15) is 0 Å². The van der Waals surface area contributed by atoms with Crippen molar-refractivity contribution in [2.75, 3.05) is 19.0 Å². The van der Waals surface area contributed by atoms with Crippen LogP contribution in [-0.4, -0.2) is 19.6 Å². The van der Waals surface area contributed by atoms with Gasteiger partial charge >= 0.3 is 0 Å². The van der Waals surface area contributed by atoms with Crippen LogP contribution in [0.25, 0.3) is 0 Å². The number of nitrogens with one attached hydrogen (secondary N) is 1. The molecule has 0 aromatic heterocycles. The van der Waals surface area contributed by atoms with Crippen LogP contribution < -0.4 is 11.1 Å². The molecule has 5 heteroatoms. The van der Waals surface area contributed by atoms with Crippen molar-refractivity contribution in [3.63, 3.8) is 0 Å². The number of nitrogens with two attached hydrogens (primary N) is 1. The Morgan fingerprint density at radius 1 is 1.44 bits per heavy atom. The zero-order chi connectivity index (χ0) is 12.1. The smallest absolute Gasteiger partial charge is 0.193 e. The van der Waals surface area contributed by atoms with E-state index < -0.39 is 0 Å². The van der Waals surface area contributed by atoms with Gasteiger partial charge in [0.25, 0.3) is 0 Å². The summed E-state index contributed by atoms with van der Waals surface area (Å²) in [4.78, 5) is 4.33. The van der Waals surface area contributed by atoms with Gasteiger partial charge < -0.3 is 15.8 Å². The Kier molecular flexibility index (Phi) is 6.42. The summed E-state index contributed by atoms with van der Waals surface area (Å²) in [5, 5.41) is 3.13. The van der Waals surface area contributed by atoms with Crippen molar-refractivity contribution in [1.82, 2.24) is 0 Å². The number of hydrogen-bond acceptors (Lipinski definition) is 2. The van der Waals surface area contributed by atoms with Crippen LogP contribution >= 0.6 is 24.0 Å². The number of ether oxygens (including phenoxy) is 1. The average Bonchev–Trinajstić information content (AvgIpc) is 3.13. The lowest BCUT2D eigenvalue weighted by molar-refractivity contribution is 0.185. The molecule has 1 aromatic rings. The number of anilines is 1. The minimum atomic E-state index is 0. The second-order valence-electron chi connectivity index (χ2n) is 4.38. The van der Waals surface area contributed by atoms with Crippen molar-refractivity contribution in [2.45, 2.75) is 19.4 Å². The van der Waals surface area contributed by atoms with Gasteiger partial charge in [0.15, 0.2) is 5.96 Å². The van der Waals surface area contributed by atoms with Gasteiger partial charge in [-0.15, -0.1) is 24.0 Å². The number of guanidine groups is 1. The summed E-state index contributed by atoms with van der Waals surface area (Å²) < 4.78 is 5.14. The van der Waals surface area contributed by atoms with E-state index in [0.717, 1.165) is 23.7 Å². The second-order valence-corrected chi connectivity index (χ2v) is 4.38. The van der Waals surface area contributed by atoms with Gasteiger partial charge in [-0.25, -0.2) is 0 Å². The maximum absolute atomic E-state index is 5.84. The molecule has 0 unspecified atom stereocenters. The topological polar surface area (TPSA) is 59.6 Å². The van der Waals surface area contributed by atoms with E-state index >= 15 is 0 Å². The molecule has 2 rings (SSSR count). The van der Waals surface area contributed by atoms with Gasteiger partial charge in [-0.05, 0) is 24.8 Å². The number of rotatable bonds is 5. The first-order valence-electron chi connectivity index (χ1n) is 5.93. The van der Waals surface area contributed by atoms with E-state index in [1.165, 1.54) is 12.8 Å². The highest BCUT2D eigenvalue weighted by Crippen LogP contribution is 2.28. The van der Waals surface area contributed by atoms with Crippen LogP contribution in [0.1, 0.15) is 18.4 Å². The summed E-state index contributed by atoms with van der Waals surface area (Å²) in [5.41, 5.74) is 7.89. The standard InChI is InChI=1S/C13H19N3O.HI/c1-17-9-11-4-2-3-5-12(11)16-13(14)15-8-10-6-7-10;/h2-5,10H,6-9H2,1H3,(H3,14,15,16);1H. The Morgan fingerprint density at radius 2 is 2.17 bits per heavy atom. The number of hydrogen-bond donors (Lipinski definition) is 2. The van der Waals surface area contributed by atoms with Gasteiger partial charge in [0.05, 0.1) is 6.61 Å². The minimum absolute atomic E-state index is 0. The first-order chi connectivity index (χ1) is 8.29. The molecule has 1 aliphatic carbocycles. The quantitative estimate of drug-likeness (QED) is 0.482. The van der Waals surface area contributed by atoms with Crippen molar-refractivity contribution in [2.24, 2.45) is 16.6 Å². The first kappa shape index (κ1) is 15.2. The SMILES string of the molecule is COCc1ccccc1NC(N)=NCC1CC1.I. The highest BCUT2D eigenvalue weighted by molar-refractivity contribution is 14.0. The van der Waals surface area contributed by atoms with Crippen molar-refractivity contribution in [3.8, 4) is 0 Å². The van der Waals surface area contributed by atoms with Crippen LogP contribution in [0.4, 0.5) is 5.69 Å². The summed E-state index contributed by atoms with van der Waals surface area (Å²) >= 11 is 0. The number of para-hydroxylation sites is 1. The van der Waals surface area contributed by atoms with Crippen molar-refractivity contribution >= 4 is 35.6 Å². The van der Waals surface area contributed by atoms with Crippen LogP contribution in [0.5, 0.6) is 0 Å². The maximum Gasteiger partial charge on any atom is 0.193 e. The lowest BCUT2D eigenvalue weighted by atomic mass is 10.2. The molecule has 0 atom stereocenters. The molecule has 0 spiro atoms.